The number of hydrogen-bond donors (Lipinski definition) is 0. The lowest BCUT2D eigenvalue weighted by molar-refractivity contribution is -0.167. The van der Waals surface area contributed by atoms with Gasteiger partial charge in [-0.2, -0.15) is 0 Å². The second kappa shape index (κ2) is 55.9. The van der Waals surface area contributed by atoms with Crippen LogP contribution in [0.1, 0.15) is 258 Å². The van der Waals surface area contributed by atoms with Gasteiger partial charge < -0.3 is 14.2 Å². The number of carbonyl (C=O) groups excluding carboxylic acids is 3. The molecule has 0 rings (SSSR count). The summed E-state index contributed by atoms with van der Waals surface area (Å²) in [5.74, 6) is -0.938. The number of rotatable bonds is 50. The van der Waals surface area contributed by atoms with Crippen LogP contribution in [0.25, 0.3) is 0 Å². The van der Waals surface area contributed by atoms with E-state index in [9.17, 15) is 14.4 Å². The van der Waals surface area contributed by atoms with Crippen LogP contribution in [0.3, 0.4) is 0 Å². The monoisotopic (exact) mass is 945 g/mol. The van der Waals surface area contributed by atoms with E-state index in [1.165, 1.54) is 109 Å². The van der Waals surface area contributed by atoms with Crippen molar-refractivity contribution in [1.82, 2.24) is 0 Å². The highest BCUT2D eigenvalue weighted by Gasteiger charge is 2.19. The lowest BCUT2D eigenvalue weighted by atomic mass is 10.1. The second-order valence-electron chi connectivity index (χ2n) is 18.6. The molecule has 0 aromatic rings. The van der Waals surface area contributed by atoms with Crippen LogP contribution in [-0.4, -0.2) is 37.2 Å². The van der Waals surface area contributed by atoms with E-state index >= 15 is 0 Å². The van der Waals surface area contributed by atoms with E-state index in [-0.39, 0.29) is 31.1 Å². The first kappa shape index (κ1) is 64.3. The van der Waals surface area contributed by atoms with Crippen LogP contribution in [0, 0.1) is 0 Å². The maximum atomic E-state index is 12.8. The molecular formula is C62H104O6. The van der Waals surface area contributed by atoms with Gasteiger partial charge in [0.2, 0.25) is 0 Å². The highest BCUT2D eigenvalue weighted by molar-refractivity contribution is 5.71. The zero-order valence-electron chi connectivity index (χ0n) is 44.3. The van der Waals surface area contributed by atoms with Crippen LogP contribution in [0.2, 0.25) is 0 Å². The van der Waals surface area contributed by atoms with Crippen molar-refractivity contribution in [2.24, 2.45) is 0 Å². The maximum absolute atomic E-state index is 12.8. The van der Waals surface area contributed by atoms with Crippen molar-refractivity contribution in [3.8, 4) is 0 Å². The van der Waals surface area contributed by atoms with Crippen molar-refractivity contribution >= 4 is 17.9 Å². The summed E-state index contributed by atoms with van der Waals surface area (Å²) < 4.78 is 16.8. The standard InChI is InChI=1S/C62H104O6/c1-4-7-10-13-16-19-22-25-27-29-31-33-34-37-40-43-46-49-52-55-61(64)67-58-59(57-66-60(63)54-51-48-45-42-39-36-24-21-18-15-12-9-6-3)68-62(65)56-53-50-47-44-41-38-35-32-30-28-26-23-20-17-14-11-8-5-2/h9,12,15-16,18-19,21-26,28,30,32,35,59H,4-8,10-11,13-14,17,20,27,29,31,33-34,36-58H2,1-3H3/b12-9+,18-15+,19-16+,24-21+,25-22+,26-23+,30-28+,35-32+. The third-order valence-corrected chi connectivity index (χ3v) is 11.9. The van der Waals surface area contributed by atoms with Gasteiger partial charge in [-0.15, -0.1) is 0 Å². The third-order valence-electron chi connectivity index (χ3n) is 11.9. The fourth-order valence-electron chi connectivity index (χ4n) is 7.67. The predicted molar refractivity (Wildman–Crippen MR) is 293 cm³/mol. The number of allylic oxidation sites excluding steroid dienone is 16. The Hall–Kier alpha value is -3.67. The van der Waals surface area contributed by atoms with Crippen LogP contribution in [0.4, 0.5) is 0 Å². The summed E-state index contributed by atoms with van der Waals surface area (Å²) in [7, 11) is 0. The Bertz CT molecular complexity index is 1360. The Kier molecular flexibility index (Phi) is 52.9. The van der Waals surface area contributed by atoms with Crippen molar-refractivity contribution in [1.29, 1.82) is 0 Å². The SMILES string of the molecule is CC/C=C/C=C/C=C/CCCCCCCC(=O)OCC(COC(=O)CCCCCCCCCCCC/C=C/C=C/CCCCC)OC(=O)CCCCCCC/C=C/C=C/C=C/CCCCCCC. The Morgan fingerprint density at radius 2 is 0.574 bits per heavy atom. The zero-order valence-corrected chi connectivity index (χ0v) is 44.3. The third kappa shape index (κ3) is 53.3. The molecule has 0 bridgehead atoms. The van der Waals surface area contributed by atoms with Crippen molar-refractivity contribution in [3.05, 3.63) is 97.2 Å². The van der Waals surface area contributed by atoms with Gasteiger partial charge in [0.05, 0.1) is 0 Å². The van der Waals surface area contributed by atoms with Gasteiger partial charge in [-0.1, -0.05) is 246 Å². The number of ether oxygens (including phenoxy) is 3. The maximum Gasteiger partial charge on any atom is 0.306 e. The van der Waals surface area contributed by atoms with E-state index in [2.05, 4.69) is 118 Å². The molecule has 0 saturated heterocycles. The number of hydrogen-bond acceptors (Lipinski definition) is 6. The Labute approximate surface area is 419 Å². The van der Waals surface area contributed by atoms with Gasteiger partial charge in [-0.05, 0) is 89.9 Å². The van der Waals surface area contributed by atoms with E-state index in [0.29, 0.717) is 19.3 Å². The molecule has 0 fully saturated rings. The summed E-state index contributed by atoms with van der Waals surface area (Å²) in [5, 5.41) is 0. The molecule has 0 N–H and O–H groups in total. The molecule has 68 heavy (non-hydrogen) atoms. The molecular weight excluding hydrogens is 841 g/mol. The molecule has 0 aliphatic rings. The fraction of sp³-hybridized carbons (Fsp3) is 0.694. The normalized spacial score (nSPS) is 12.8. The highest BCUT2D eigenvalue weighted by Crippen LogP contribution is 2.15. The predicted octanol–water partition coefficient (Wildman–Crippen LogP) is 18.9. The van der Waals surface area contributed by atoms with Gasteiger partial charge in [-0.25, -0.2) is 0 Å². The summed E-state index contributed by atoms with van der Waals surface area (Å²) >= 11 is 0. The summed E-state index contributed by atoms with van der Waals surface area (Å²) in [6.07, 6.45) is 73.9. The van der Waals surface area contributed by atoms with Gasteiger partial charge in [0.15, 0.2) is 6.10 Å². The van der Waals surface area contributed by atoms with Gasteiger partial charge in [0.1, 0.15) is 13.2 Å². The average molecular weight is 946 g/mol. The smallest absolute Gasteiger partial charge is 0.306 e. The molecule has 0 radical (unpaired) electrons. The molecule has 0 aliphatic carbocycles. The highest BCUT2D eigenvalue weighted by atomic mass is 16.6. The van der Waals surface area contributed by atoms with E-state index in [1.54, 1.807) is 0 Å². The first-order valence-corrected chi connectivity index (χ1v) is 28.3. The minimum atomic E-state index is -0.799. The molecule has 0 spiro atoms. The van der Waals surface area contributed by atoms with E-state index < -0.39 is 6.10 Å². The first-order valence-electron chi connectivity index (χ1n) is 28.3. The van der Waals surface area contributed by atoms with E-state index in [4.69, 9.17) is 14.2 Å². The Morgan fingerprint density at radius 3 is 0.926 bits per heavy atom. The van der Waals surface area contributed by atoms with Crippen LogP contribution < -0.4 is 0 Å². The molecule has 6 nitrogen and oxygen atoms in total. The van der Waals surface area contributed by atoms with Crippen molar-refractivity contribution < 1.29 is 28.6 Å². The number of esters is 3. The molecule has 0 aromatic heterocycles. The molecule has 0 aliphatic heterocycles. The number of carbonyl (C=O) groups is 3. The van der Waals surface area contributed by atoms with Gasteiger partial charge in [-0.3, -0.25) is 14.4 Å². The van der Waals surface area contributed by atoms with E-state index in [0.717, 1.165) is 109 Å². The summed E-state index contributed by atoms with van der Waals surface area (Å²) in [5.41, 5.74) is 0. The van der Waals surface area contributed by atoms with Crippen LogP contribution in [0.5, 0.6) is 0 Å². The van der Waals surface area contributed by atoms with Crippen LogP contribution in [0.15, 0.2) is 97.2 Å². The summed E-state index contributed by atoms with van der Waals surface area (Å²) in [4.78, 5) is 38.1. The van der Waals surface area contributed by atoms with E-state index in [1.807, 2.05) is 0 Å². The molecule has 6 heteroatoms. The van der Waals surface area contributed by atoms with Gasteiger partial charge >= 0.3 is 17.9 Å². The second-order valence-corrected chi connectivity index (χ2v) is 18.6. The zero-order chi connectivity index (χ0) is 49.3. The molecule has 0 saturated carbocycles. The number of unbranched alkanes of at least 4 members (excludes halogenated alkanes) is 28. The van der Waals surface area contributed by atoms with Crippen molar-refractivity contribution in [2.45, 2.75) is 264 Å². The minimum Gasteiger partial charge on any atom is -0.462 e. The fourth-order valence-corrected chi connectivity index (χ4v) is 7.67. The van der Waals surface area contributed by atoms with Gasteiger partial charge in [0.25, 0.3) is 0 Å². The first-order chi connectivity index (χ1) is 33.5. The average Bonchev–Trinajstić information content (AvgIpc) is 3.34. The molecule has 1 atom stereocenters. The largest absolute Gasteiger partial charge is 0.462 e. The van der Waals surface area contributed by atoms with Crippen LogP contribution in [-0.2, 0) is 28.6 Å². The molecule has 0 amide bonds. The molecule has 0 heterocycles. The summed E-state index contributed by atoms with van der Waals surface area (Å²) in [6.45, 7) is 6.43. The molecule has 0 aromatic carbocycles. The lowest BCUT2D eigenvalue weighted by Gasteiger charge is -2.18. The van der Waals surface area contributed by atoms with Crippen molar-refractivity contribution in [2.75, 3.05) is 13.2 Å². The molecule has 1 unspecified atom stereocenters. The Morgan fingerprint density at radius 1 is 0.309 bits per heavy atom. The molecule has 388 valence electrons. The van der Waals surface area contributed by atoms with Crippen molar-refractivity contribution in [3.63, 3.8) is 0 Å². The lowest BCUT2D eigenvalue weighted by Crippen LogP contribution is -2.30. The topological polar surface area (TPSA) is 78.9 Å². The Balaban J connectivity index is 4.44. The minimum absolute atomic E-state index is 0.0951. The summed E-state index contributed by atoms with van der Waals surface area (Å²) in [6, 6.07) is 0. The van der Waals surface area contributed by atoms with Crippen LogP contribution >= 0.6 is 0 Å². The quantitative estimate of drug-likeness (QED) is 0.0262. The van der Waals surface area contributed by atoms with Gasteiger partial charge in [0, 0.05) is 19.3 Å².